The molecule has 0 unspecified atom stereocenters. The molecule has 0 aromatic heterocycles. The van der Waals surface area contributed by atoms with Gasteiger partial charge in [0.05, 0.1) is 11.3 Å². The number of hydrogen-bond acceptors (Lipinski definition) is 4. The third-order valence-corrected chi connectivity index (χ3v) is 4.02. The van der Waals surface area contributed by atoms with Gasteiger partial charge in [-0.1, -0.05) is 6.92 Å². The summed E-state index contributed by atoms with van der Waals surface area (Å²) in [6, 6.07) is 6.17. The number of anilines is 1. The first-order valence-electron chi connectivity index (χ1n) is 5.22. The quantitative estimate of drug-likeness (QED) is 0.801. The van der Waals surface area contributed by atoms with Gasteiger partial charge >= 0.3 is 5.97 Å². The van der Waals surface area contributed by atoms with Gasteiger partial charge in [0, 0.05) is 18.0 Å². The first-order chi connectivity index (χ1) is 7.94. The Balaban J connectivity index is 2.51. The predicted octanol–water partition coefficient (Wildman–Crippen LogP) is 1.23. The predicted molar refractivity (Wildman–Crippen MR) is 66.2 cm³/mol. The summed E-state index contributed by atoms with van der Waals surface area (Å²) in [5, 5.41) is 11.6. The second kappa shape index (κ2) is 5.67. The first kappa shape index (κ1) is 13.5. The van der Waals surface area contributed by atoms with Crippen LogP contribution in [0.3, 0.4) is 0 Å². The van der Waals surface area contributed by atoms with Crippen LogP contribution in [0.1, 0.15) is 17.3 Å². The molecular weight excluding hydrogens is 242 g/mol. The fourth-order valence-corrected chi connectivity index (χ4v) is 1.93. The van der Waals surface area contributed by atoms with Crippen molar-refractivity contribution in [2.45, 2.75) is 6.92 Å². The van der Waals surface area contributed by atoms with Crippen molar-refractivity contribution < 1.29 is 18.3 Å². The van der Waals surface area contributed by atoms with Crippen molar-refractivity contribution in [2.24, 2.45) is 0 Å². The Kier molecular flexibility index (Phi) is 4.51. The van der Waals surface area contributed by atoms with E-state index in [0.29, 0.717) is 12.2 Å². The largest absolute Gasteiger partial charge is 0.478 e. The van der Waals surface area contributed by atoms with E-state index in [9.17, 15) is 13.2 Å². The van der Waals surface area contributed by atoms with Gasteiger partial charge in [0.15, 0.2) is 9.84 Å². The topological polar surface area (TPSA) is 83.5 Å². The van der Waals surface area contributed by atoms with Gasteiger partial charge in [0.1, 0.15) is 0 Å². The molecule has 0 aliphatic carbocycles. The zero-order valence-electron chi connectivity index (χ0n) is 9.51. The van der Waals surface area contributed by atoms with Gasteiger partial charge in [-0.05, 0) is 24.3 Å². The van der Waals surface area contributed by atoms with Crippen LogP contribution in [0.2, 0.25) is 0 Å². The third kappa shape index (κ3) is 4.44. The molecule has 1 aromatic carbocycles. The van der Waals surface area contributed by atoms with Gasteiger partial charge in [-0.25, -0.2) is 13.2 Å². The number of aromatic carboxylic acids is 1. The fraction of sp³-hybridized carbons (Fsp3) is 0.364. The zero-order chi connectivity index (χ0) is 12.9. The molecule has 17 heavy (non-hydrogen) atoms. The van der Waals surface area contributed by atoms with Crippen LogP contribution in [-0.2, 0) is 9.84 Å². The van der Waals surface area contributed by atoms with Crippen LogP contribution in [0.5, 0.6) is 0 Å². The highest BCUT2D eigenvalue weighted by Crippen LogP contribution is 2.09. The highest BCUT2D eigenvalue weighted by Gasteiger charge is 2.06. The average molecular weight is 257 g/mol. The second-order valence-electron chi connectivity index (χ2n) is 3.55. The summed E-state index contributed by atoms with van der Waals surface area (Å²) in [6.45, 7) is 1.93. The molecule has 0 saturated carbocycles. The molecule has 0 atom stereocenters. The molecule has 0 bridgehead atoms. The van der Waals surface area contributed by atoms with Crippen LogP contribution in [0, 0.1) is 0 Å². The molecule has 2 N–H and O–H groups in total. The van der Waals surface area contributed by atoms with Crippen LogP contribution < -0.4 is 5.32 Å². The van der Waals surface area contributed by atoms with E-state index < -0.39 is 15.8 Å². The van der Waals surface area contributed by atoms with Crippen LogP contribution >= 0.6 is 0 Å². The minimum atomic E-state index is -2.97. The number of hydrogen-bond donors (Lipinski definition) is 2. The van der Waals surface area contributed by atoms with Crippen LogP contribution in [0.25, 0.3) is 0 Å². The molecule has 1 rings (SSSR count). The van der Waals surface area contributed by atoms with Gasteiger partial charge in [-0.3, -0.25) is 0 Å². The number of carboxylic acid groups (broad SMARTS) is 1. The maximum absolute atomic E-state index is 11.2. The summed E-state index contributed by atoms with van der Waals surface area (Å²) in [6.07, 6.45) is 0. The van der Waals surface area contributed by atoms with Gasteiger partial charge in [-0.15, -0.1) is 0 Å². The molecule has 0 aliphatic rings. The lowest BCUT2D eigenvalue weighted by atomic mass is 10.2. The average Bonchev–Trinajstić information content (AvgIpc) is 2.29. The number of benzene rings is 1. The summed E-state index contributed by atoms with van der Waals surface area (Å²) < 4.78 is 22.4. The molecule has 1 aromatic rings. The van der Waals surface area contributed by atoms with Gasteiger partial charge in [0.2, 0.25) is 0 Å². The van der Waals surface area contributed by atoms with Crippen molar-refractivity contribution in [2.75, 3.05) is 23.4 Å². The van der Waals surface area contributed by atoms with E-state index in [4.69, 9.17) is 5.11 Å². The van der Waals surface area contributed by atoms with E-state index >= 15 is 0 Å². The van der Waals surface area contributed by atoms with Crippen molar-refractivity contribution in [3.8, 4) is 0 Å². The Morgan fingerprint density at radius 1 is 1.29 bits per heavy atom. The number of rotatable bonds is 6. The van der Waals surface area contributed by atoms with Crippen molar-refractivity contribution in [3.05, 3.63) is 29.8 Å². The normalized spacial score (nSPS) is 11.1. The molecule has 0 radical (unpaired) electrons. The Labute approximate surface area is 100 Å². The van der Waals surface area contributed by atoms with Gasteiger partial charge < -0.3 is 10.4 Å². The number of carbonyl (C=O) groups is 1. The molecule has 0 heterocycles. The number of nitrogens with one attached hydrogen (secondary N) is 1. The molecule has 94 valence electrons. The van der Waals surface area contributed by atoms with Crippen molar-refractivity contribution in [1.29, 1.82) is 0 Å². The summed E-state index contributed by atoms with van der Waals surface area (Å²) in [5.41, 5.74) is 0.915. The van der Waals surface area contributed by atoms with Crippen molar-refractivity contribution >= 4 is 21.5 Å². The second-order valence-corrected chi connectivity index (χ2v) is 6.02. The maximum Gasteiger partial charge on any atom is 0.335 e. The monoisotopic (exact) mass is 257 g/mol. The molecule has 0 amide bonds. The lowest BCUT2D eigenvalue weighted by Crippen LogP contribution is -2.17. The fourth-order valence-electron chi connectivity index (χ4n) is 1.23. The highest BCUT2D eigenvalue weighted by atomic mass is 32.2. The smallest absolute Gasteiger partial charge is 0.335 e. The molecule has 6 heteroatoms. The van der Waals surface area contributed by atoms with Gasteiger partial charge in [0.25, 0.3) is 0 Å². The maximum atomic E-state index is 11.2. The minimum absolute atomic E-state index is 0.0736. The Morgan fingerprint density at radius 2 is 1.88 bits per heavy atom. The lowest BCUT2D eigenvalue weighted by molar-refractivity contribution is 0.0697. The Bertz CT molecular complexity index is 479. The highest BCUT2D eigenvalue weighted by molar-refractivity contribution is 7.91. The lowest BCUT2D eigenvalue weighted by Gasteiger charge is -2.06. The van der Waals surface area contributed by atoms with E-state index in [-0.39, 0.29) is 17.1 Å². The minimum Gasteiger partial charge on any atom is -0.478 e. The molecule has 0 spiro atoms. The Morgan fingerprint density at radius 3 is 2.35 bits per heavy atom. The Hall–Kier alpha value is -1.56. The van der Waals surface area contributed by atoms with Crippen molar-refractivity contribution in [3.63, 3.8) is 0 Å². The van der Waals surface area contributed by atoms with Crippen LogP contribution in [0.4, 0.5) is 5.69 Å². The molecule has 0 aliphatic heterocycles. The molecular formula is C11H15NO4S. The van der Waals surface area contributed by atoms with Crippen LogP contribution in [-0.4, -0.2) is 37.5 Å². The molecule has 0 saturated heterocycles. The van der Waals surface area contributed by atoms with E-state index in [1.54, 1.807) is 19.1 Å². The zero-order valence-corrected chi connectivity index (χ0v) is 10.3. The van der Waals surface area contributed by atoms with E-state index in [1.165, 1.54) is 12.1 Å². The summed E-state index contributed by atoms with van der Waals surface area (Å²) in [5.74, 6) is -0.776. The number of carboxylic acids is 1. The standard InChI is InChI=1S/C11H15NO4S/c1-2-17(15,16)8-7-12-10-5-3-9(4-6-10)11(13)14/h3-6,12H,2,7-8H2,1H3,(H,13,14). The molecule has 5 nitrogen and oxygen atoms in total. The van der Waals surface area contributed by atoms with E-state index in [0.717, 1.165) is 0 Å². The van der Waals surface area contributed by atoms with E-state index in [2.05, 4.69) is 5.32 Å². The van der Waals surface area contributed by atoms with E-state index in [1.807, 2.05) is 0 Å². The summed E-state index contributed by atoms with van der Waals surface area (Å²) >= 11 is 0. The number of sulfone groups is 1. The SMILES string of the molecule is CCS(=O)(=O)CCNc1ccc(C(=O)O)cc1. The first-order valence-corrected chi connectivity index (χ1v) is 7.04. The summed E-state index contributed by atoms with van der Waals surface area (Å²) in [4.78, 5) is 10.6. The molecule has 0 fully saturated rings. The van der Waals surface area contributed by atoms with Gasteiger partial charge in [-0.2, -0.15) is 0 Å². The third-order valence-electron chi connectivity index (χ3n) is 2.31. The van der Waals surface area contributed by atoms with Crippen molar-refractivity contribution in [1.82, 2.24) is 0 Å². The summed E-state index contributed by atoms with van der Waals surface area (Å²) in [7, 11) is -2.97. The van der Waals surface area contributed by atoms with Crippen LogP contribution in [0.15, 0.2) is 24.3 Å².